The van der Waals surface area contributed by atoms with Gasteiger partial charge in [-0.3, -0.25) is 4.79 Å². The van der Waals surface area contributed by atoms with E-state index < -0.39 is 11.5 Å². The van der Waals surface area contributed by atoms with E-state index in [1.807, 2.05) is 23.7 Å². The number of carbonyl (C=O) groups is 1. The Morgan fingerprint density at radius 3 is 3.19 bits per heavy atom. The lowest BCUT2D eigenvalue weighted by Crippen LogP contribution is -2.51. The van der Waals surface area contributed by atoms with Crippen molar-refractivity contribution in [2.45, 2.75) is 37.8 Å². The number of hydrogen-bond acceptors (Lipinski definition) is 4. The van der Waals surface area contributed by atoms with E-state index in [1.165, 1.54) is 0 Å². The smallest absolute Gasteiger partial charge is 0.323 e. The van der Waals surface area contributed by atoms with Crippen LogP contribution in [0.2, 0.25) is 0 Å². The highest BCUT2D eigenvalue weighted by Crippen LogP contribution is 2.37. The molecule has 2 aromatic rings. The summed E-state index contributed by atoms with van der Waals surface area (Å²) in [5.74, 6) is 0.114. The Hall–Kier alpha value is -1.66. The number of aryl methyl sites for hydroxylation is 1. The first-order chi connectivity index (χ1) is 10.1. The third-order valence-electron chi connectivity index (χ3n) is 4.45. The molecule has 112 valence electrons. The predicted molar refractivity (Wildman–Crippen MR) is 82.1 cm³/mol. The van der Waals surface area contributed by atoms with Gasteiger partial charge in [0.05, 0.1) is 4.88 Å². The van der Waals surface area contributed by atoms with Crippen LogP contribution in [-0.2, 0) is 11.3 Å². The number of nitrogens with two attached hydrogens (primary N) is 1. The Balaban J connectivity index is 1.72. The number of rotatable bonds is 5. The first kappa shape index (κ1) is 14.3. The van der Waals surface area contributed by atoms with E-state index in [0.717, 1.165) is 36.5 Å². The largest absolute Gasteiger partial charge is 0.480 e. The standard InChI is InChI=1S/C15H19N3O2S/c16-15(14(19)20)6-1-3-11(15)5-8-18-9-7-17-13(18)12-4-2-10-21-12/h2,4,7,9-11H,1,3,5-6,8,16H2,(H,19,20). The molecule has 2 heterocycles. The molecule has 21 heavy (non-hydrogen) atoms. The molecule has 0 spiro atoms. The summed E-state index contributed by atoms with van der Waals surface area (Å²) in [6.45, 7) is 0.754. The van der Waals surface area contributed by atoms with Gasteiger partial charge in [0.2, 0.25) is 0 Å². The van der Waals surface area contributed by atoms with E-state index in [-0.39, 0.29) is 5.92 Å². The minimum atomic E-state index is -1.05. The third-order valence-corrected chi connectivity index (χ3v) is 5.31. The third kappa shape index (κ3) is 2.61. The fourth-order valence-electron chi connectivity index (χ4n) is 3.20. The van der Waals surface area contributed by atoms with Crippen molar-refractivity contribution >= 4 is 17.3 Å². The minimum absolute atomic E-state index is 0.0357. The van der Waals surface area contributed by atoms with Gasteiger partial charge in [0.25, 0.3) is 0 Å². The summed E-state index contributed by atoms with van der Waals surface area (Å²) in [6, 6.07) is 4.05. The molecule has 0 bridgehead atoms. The van der Waals surface area contributed by atoms with Gasteiger partial charge in [-0.25, -0.2) is 4.98 Å². The Morgan fingerprint density at radius 1 is 1.62 bits per heavy atom. The van der Waals surface area contributed by atoms with E-state index in [9.17, 15) is 9.90 Å². The van der Waals surface area contributed by atoms with Crippen LogP contribution in [0.5, 0.6) is 0 Å². The lowest BCUT2D eigenvalue weighted by Gasteiger charge is -2.27. The van der Waals surface area contributed by atoms with Crippen LogP contribution >= 0.6 is 11.3 Å². The van der Waals surface area contributed by atoms with Crippen LogP contribution in [0.1, 0.15) is 25.7 Å². The molecule has 6 heteroatoms. The molecule has 1 fully saturated rings. The number of carboxylic acids is 1. The molecule has 0 aliphatic heterocycles. The fraction of sp³-hybridized carbons (Fsp3) is 0.467. The number of imidazole rings is 1. The molecular formula is C15H19N3O2S. The molecule has 0 saturated heterocycles. The van der Waals surface area contributed by atoms with Crippen LogP contribution in [0.4, 0.5) is 0 Å². The van der Waals surface area contributed by atoms with Gasteiger partial charge in [-0.15, -0.1) is 11.3 Å². The summed E-state index contributed by atoms with van der Waals surface area (Å²) in [6.07, 6.45) is 6.88. The van der Waals surface area contributed by atoms with Crippen molar-refractivity contribution in [3.05, 3.63) is 29.9 Å². The van der Waals surface area contributed by atoms with Gasteiger partial charge in [-0.05, 0) is 36.6 Å². The Morgan fingerprint density at radius 2 is 2.48 bits per heavy atom. The minimum Gasteiger partial charge on any atom is -0.480 e. The van der Waals surface area contributed by atoms with Gasteiger partial charge >= 0.3 is 5.97 Å². The second-order valence-corrected chi connectivity index (χ2v) is 6.59. The molecule has 0 radical (unpaired) electrons. The topological polar surface area (TPSA) is 81.1 Å². The highest BCUT2D eigenvalue weighted by atomic mass is 32.1. The lowest BCUT2D eigenvalue weighted by molar-refractivity contribution is -0.144. The molecular weight excluding hydrogens is 286 g/mol. The second-order valence-electron chi connectivity index (χ2n) is 5.64. The SMILES string of the molecule is NC1(C(=O)O)CCCC1CCn1ccnc1-c1cccs1. The average Bonchev–Trinajstić information content (AvgIpc) is 3.17. The Labute approximate surface area is 127 Å². The van der Waals surface area contributed by atoms with Crippen molar-refractivity contribution < 1.29 is 9.90 Å². The summed E-state index contributed by atoms with van der Waals surface area (Å²) >= 11 is 1.66. The zero-order valence-electron chi connectivity index (χ0n) is 11.7. The first-order valence-corrected chi connectivity index (χ1v) is 8.06. The molecule has 2 aromatic heterocycles. The fourth-order valence-corrected chi connectivity index (χ4v) is 3.94. The Bertz CT molecular complexity index is 623. The van der Waals surface area contributed by atoms with Gasteiger partial charge in [-0.2, -0.15) is 0 Å². The molecule has 1 saturated carbocycles. The second kappa shape index (κ2) is 5.61. The van der Waals surface area contributed by atoms with E-state index in [0.29, 0.717) is 6.42 Å². The first-order valence-electron chi connectivity index (χ1n) is 7.18. The van der Waals surface area contributed by atoms with Crippen molar-refractivity contribution in [1.29, 1.82) is 0 Å². The maximum atomic E-state index is 11.4. The molecule has 1 aliphatic rings. The summed E-state index contributed by atoms with van der Waals surface area (Å²) in [5, 5.41) is 11.4. The number of carboxylic acid groups (broad SMARTS) is 1. The molecule has 2 atom stereocenters. The number of aromatic nitrogens is 2. The summed E-state index contributed by atoms with van der Waals surface area (Å²) in [7, 11) is 0. The van der Waals surface area contributed by atoms with Gasteiger partial charge in [0, 0.05) is 18.9 Å². The highest BCUT2D eigenvalue weighted by molar-refractivity contribution is 7.13. The quantitative estimate of drug-likeness (QED) is 0.889. The maximum Gasteiger partial charge on any atom is 0.323 e. The van der Waals surface area contributed by atoms with E-state index >= 15 is 0 Å². The maximum absolute atomic E-state index is 11.4. The molecule has 3 N–H and O–H groups in total. The summed E-state index contributed by atoms with van der Waals surface area (Å²) in [4.78, 5) is 16.9. The molecule has 2 unspecified atom stereocenters. The van der Waals surface area contributed by atoms with E-state index in [2.05, 4.69) is 9.55 Å². The molecule has 5 nitrogen and oxygen atoms in total. The van der Waals surface area contributed by atoms with Crippen molar-refractivity contribution in [3.63, 3.8) is 0 Å². The summed E-state index contributed by atoms with van der Waals surface area (Å²) < 4.78 is 2.09. The predicted octanol–water partition coefficient (Wildman–Crippen LogP) is 2.58. The van der Waals surface area contributed by atoms with Crippen molar-refractivity contribution in [2.24, 2.45) is 11.7 Å². The number of hydrogen-bond donors (Lipinski definition) is 2. The average molecular weight is 305 g/mol. The van der Waals surface area contributed by atoms with E-state index in [4.69, 9.17) is 5.73 Å². The van der Waals surface area contributed by atoms with Crippen molar-refractivity contribution in [1.82, 2.24) is 9.55 Å². The van der Waals surface area contributed by atoms with Crippen LogP contribution < -0.4 is 5.73 Å². The Kier molecular flexibility index (Phi) is 3.82. The number of nitrogens with zero attached hydrogens (tertiary/aromatic N) is 2. The molecule has 0 amide bonds. The zero-order valence-corrected chi connectivity index (χ0v) is 12.6. The highest BCUT2D eigenvalue weighted by Gasteiger charge is 2.45. The number of aliphatic carboxylic acids is 1. The van der Waals surface area contributed by atoms with Gasteiger partial charge in [-0.1, -0.05) is 12.5 Å². The molecule has 0 aromatic carbocycles. The van der Waals surface area contributed by atoms with Gasteiger partial charge < -0.3 is 15.4 Å². The van der Waals surface area contributed by atoms with Gasteiger partial charge in [0.15, 0.2) is 0 Å². The van der Waals surface area contributed by atoms with Gasteiger partial charge in [0.1, 0.15) is 11.4 Å². The zero-order chi connectivity index (χ0) is 14.9. The molecule has 1 aliphatic carbocycles. The van der Waals surface area contributed by atoms with Crippen molar-refractivity contribution in [2.75, 3.05) is 0 Å². The summed E-state index contributed by atoms with van der Waals surface area (Å²) in [5.41, 5.74) is 5.04. The van der Waals surface area contributed by atoms with E-state index in [1.54, 1.807) is 17.5 Å². The van der Waals surface area contributed by atoms with Crippen LogP contribution in [0, 0.1) is 5.92 Å². The van der Waals surface area contributed by atoms with Crippen LogP contribution in [0.3, 0.4) is 0 Å². The monoisotopic (exact) mass is 305 g/mol. The number of thiophene rings is 1. The molecule has 3 rings (SSSR count). The van der Waals surface area contributed by atoms with Crippen LogP contribution in [-0.4, -0.2) is 26.2 Å². The van der Waals surface area contributed by atoms with Crippen LogP contribution in [0.15, 0.2) is 29.9 Å². The normalized spacial score (nSPS) is 25.3. The lowest BCUT2D eigenvalue weighted by atomic mass is 9.85. The van der Waals surface area contributed by atoms with Crippen molar-refractivity contribution in [3.8, 4) is 10.7 Å². The van der Waals surface area contributed by atoms with Crippen LogP contribution in [0.25, 0.3) is 10.7 Å².